The molecule has 1 aromatic rings. The van der Waals surface area contributed by atoms with Crippen molar-refractivity contribution >= 4 is 24.0 Å². The fourth-order valence-electron chi connectivity index (χ4n) is 2.81. The Hall–Kier alpha value is -1.30. The molecule has 0 spiro atoms. The number of amides is 1. The van der Waals surface area contributed by atoms with Crippen molar-refractivity contribution in [2.75, 3.05) is 38.3 Å². The topological polar surface area (TPSA) is 58.8 Å². The summed E-state index contributed by atoms with van der Waals surface area (Å²) in [5, 5.41) is 0. The molecule has 1 unspecified atom stereocenters. The van der Waals surface area contributed by atoms with E-state index in [1.807, 2.05) is 26.1 Å². The van der Waals surface area contributed by atoms with Crippen LogP contribution >= 0.6 is 12.4 Å². The third-order valence-corrected chi connectivity index (χ3v) is 4.04. The highest BCUT2D eigenvalue weighted by Crippen LogP contribution is 2.22. The molecule has 0 aliphatic carbocycles. The second-order valence-corrected chi connectivity index (χ2v) is 5.82. The van der Waals surface area contributed by atoms with Crippen molar-refractivity contribution in [2.45, 2.75) is 32.4 Å². The second-order valence-electron chi connectivity index (χ2n) is 5.82. The van der Waals surface area contributed by atoms with Crippen molar-refractivity contribution in [2.24, 2.45) is 5.73 Å². The van der Waals surface area contributed by atoms with E-state index in [0.717, 1.165) is 44.7 Å². The first kappa shape index (κ1) is 19.7. The summed E-state index contributed by atoms with van der Waals surface area (Å²) in [6, 6.07) is 7.86. The van der Waals surface area contributed by atoms with E-state index in [1.54, 1.807) is 4.90 Å². The highest BCUT2D eigenvalue weighted by molar-refractivity contribution is 5.85. The molecule has 0 aromatic heterocycles. The lowest BCUT2D eigenvalue weighted by Crippen LogP contribution is -2.42. The van der Waals surface area contributed by atoms with Crippen molar-refractivity contribution in [1.82, 2.24) is 4.90 Å². The average molecular weight is 342 g/mol. The summed E-state index contributed by atoms with van der Waals surface area (Å²) in [7, 11) is 1.83. The molecular formula is C17H28ClN3O2. The quantitative estimate of drug-likeness (QED) is 0.860. The summed E-state index contributed by atoms with van der Waals surface area (Å²) in [6.07, 6.45) is 1.65. The van der Waals surface area contributed by atoms with Crippen molar-refractivity contribution in [3.8, 4) is 0 Å². The third-order valence-electron chi connectivity index (χ3n) is 4.04. The molecule has 1 heterocycles. The zero-order chi connectivity index (χ0) is 15.9. The highest BCUT2D eigenvalue weighted by atomic mass is 35.5. The van der Waals surface area contributed by atoms with E-state index in [0.29, 0.717) is 6.54 Å². The van der Waals surface area contributed by atoms with E-state index < -0.39 is 6.04 Å². The van der Waals surface area contributed by atoms with Gasteiger partial charge in [-0.15, -0.1) is 12.4 Å². The van der Waals surface area contributed by atoms with Gasteiger partial charge in [-0.2, -0.15) is 0 Å². The number of anilines is 1. The number of hydrogen-bond acceptors (Lipinski definition) is 4. The maximum absolute atomic E-state index is 12.3. The minimum atomic E-state index is -0.398. The van der Waals surface area contributed by atoms with Crippen LogP contribution in [-0.2, 0) is 16.1 Å². The van der Waals surface area contributed by atoms with Crippen LogP contribution in [0.3, 0.4) is 0 Å². The molecule has 1 aromatic carbocycles. The van der Waals surface area contributed by atoms with E-state index in [-0.39, 0.29) is 18.3 Å². The summed E-state index contributed by atoms with van der Waals surface area (Å²) >= 11 is 0. The monoisotopic (exact) mass is 341 g/mol. The Labute approximate surface area is 145 Å². The Morgan fingerprint density at radius 3 is 2.65 bits per heavy atom. The van der Waals surface area contributed by atoms with Crippen molar-refractivity contribution in [1.29, 1.82) is 0 Å². The summed E-state index contributed by atoms with van der Waals surface area (Å²) in [6.45, 7) is 5.92. The van der Waals surface area contributed by atoms with Gasteiger partial charge in [0, 0.05) is 32.4 Å². The molecule has 1 fully saturated rings. The van der Waals surface area contributed by atoms with E-state index in [4.69, 9.17) is 10.5 Å². The number of morpholine rings is 1. The predicted molar refractivity (Wildman–Crippen MR) is 96.1 cm³/mol. The molecule has 0 bridgehead atoms. The smallest absolute Gasteiger partial charge is 0.239 e. The van der Waals surface area contributed by atoms with Crippen LogP contribution in [0.4, 0.5) is 5.69 Å². The van der Waals surface area contributed by atoms with Gasteiger partial charge in [0.05, 0.1) is 19.3 Å². The number of nitrogens with zero attached hydrogens (tertiary/aromatic N) is 2. The van der Waals surface area contributed by atoms with Gasteiger partial charge < -0.3 is 20.3 Å². The number of carbonyl (C=O) groups is 1. The Kier molecular flexibility index (Phi) is 8.37. The van der Waals surface area contributed by atoms with Crippen LogP contribution in [0.2, 0.25) is 0 Å². The van der Waals surface area contributed by atoms with Crippen LogP contribution in [0.5, 0.6) is 0 Å². The Bertz CT molecular complexity index is 492. The number of halogens is 1. The van der Waals surface area contributed by atoms with Gasteiger partial charge in [-0.25, -0.2) is 0 Å². The molecular weight excluding hydrogens is 314 g/mol. The maximum Gasteiger partial charge on any atom is 0.239 e. The van der Waals surface area contributed by atoms with Crippen LogP contribution in [-0.4, -0.2) is 50.2 Å². The van der Waals surface area contributed by atoms with Gasteiger partial charge in [-0.05, 0) is 18.1 Å². The average Bonchev–Trinajstić information content (AvgIpc) is 2.55. The predicted octanol–water partition coefficient (Wildman–Crippen LogP) is 2.03. The van der Waals surface area contributed by atoms with Crippen molar-refractivity contribution < 1.29 is 9.53 Å². The molecule has 130 valence electrons. The van der Waals surface area contributed by atoms with Gasteiger partial charge in [-0.1, -0.05) is 31.5 Å². The molecule has 1 aliphatic rings. The molecule has 5 nitrogen and oxygen atoms in total. The highest BCUT2D eigenvalue weighted by Gasteiger charge is 2.20. The van der Waals surface area contributed by atoms with Gasteiger partial charge in [0.15, 0.2) is 0 Å². The van der Waals surface area contributed by atoms with Gasteiger partial charge in [0.2, 0.25) is 5.91 Å². The fraction of sp³-hybridized carbons (Fsp3) is 0.588. The molecule has 2 rings (SSSR count). The van der Waals surface area contributed by atoms with Crippen molar-refractivity contribution in [3.63, 3.8) is 0 Å². The van der Waals surface area contributed by atoms with Gasteiger partial charge >= 0.3 is 0 Å². The molecule has 1 saturated heterocycles. The van der Waals surface area contributed by atoms with Crippen LogP contribution < -0.4 is 10.6 Å². The zero-order valence-electron chi connectivity index (χ0n) is 14.0. The molecule has 2 N–H and O–H groups in total. The fourth-order valence-corrected chi connectivity index (χ4v) is 2.81. The van der Waals surface area contributed by atoms with Crippen LogP contribution in [0.25, 0.3) is 0 Å². The normalized spacial score (nSPS) is 15.7. The van der Waals surface area contributed by atoms with Crippen LogP contribution in [0.1, 0.15) is 25.3 Å². The second kappa shape index (κ2) is 9.75. The lowest BCUT2D eigenvalue weighted by Gasteiger charge is -2.31. The number of para-hydroxylation sites is 1. The van der Waals surface area contributed by atoms with Gasteiger partial charge in [0.25, 0.3) is 0 Å². The van der Waals surface area contributed by atoms with Gasteiger partial charge in [0.1, 0.15) is 0 Å². The number of carbonyl (C=O) groups excluding carboxylic acids is 1. The first-order valence-corrected chi connectivity index (χ1v) is 8.04. The number of nitrogens with two attached hydrogens (primary N) is 1. The summed E-state index contributed by atoms with van der Waals surface area (Å²) in [5.41, 5.74) is 8.29. The molecule has 6 heteroatoms. The molecule has 1 amide bonds. The number of likely N-dealkylation sites (N-methyl/N-ethyl adjacent to an activating group) is 1. The standard InChI is InChI=1S/C17H27N3O2.ClH/c1-3-6-15(18)17(21)19(2)13-14-7-4-5-8-16(14)20-9-11-22-12-10-20;/h4-5,7-8,15H,3,6,9-13,18H2,1-2H3;1H. The first-order valence-electron chi connectivity index (χ1n) is 8.04. The summed E-state index contributed by atoms with van der Waals surface area (Å²) in [4.78, 5) is 16.4. The van der Waals surface area contributed by atoms with Gasteiger partial charge in [-0.3, -0.25) is 4.79 Å². The molecule has 23 heavy (non-hydrogen) atoms. The van der Waals surface area contributed by atoms with E-state index >= 15 is 0 Å². The number of ether oxygens (including phenoxy) is 1. The Balaban J connectivity index is 0.00000264. The molecule has 0 radical (unpaired) electrons. The summed E-state index contributed by atoms with van der Waals surface area (Å²) in [5.74, 6) is 0.0126. The third kappa shape index (κ3) is 5.37. The number of benzene rings is 1. The molecule has 0 saturated carbocycles. The zero-order valence-corrected chi connectivity index (χ0v) is 14.8. The van der Waals surface area contributed by atoms with E-state index in [9.17, 15) is 4.79 Å². The maximum atomic E-state index is 12.3. The lowest BCUT2D eigenvalue weighted by molar-refractivity contribution is -0.131. The summed E-state index contributed by atoms with van der Waals surface area (Å²) < 4.78 is 5.42. The number of hydrogen-bond donors (Lipinski definition) is 1. The largest absolute Gasteiger partial charge is 0.378 e. The van der Waals surface area contributed by atoms with Crippen LogP contribution in [0, 0.1) is 0 Å². The first-order chi connectivity index (χ1) is 10.6. The molecule has 1 aliphatic heterocycles. The van der Waals surface area contributed by atoms with Crippen molar-refractivity contribution in [3.05, 3.63) is 29.8 Å². The lowest BCUT2D eigenvalue weighted by atomic mass is 10.1. The Morgan fingerprint density at radius 2 is 2.00 bits per heavy atom. The molecule has 1 atom stereocenters. The SMILES string of the molecule is CCCC(N)C(=O)N(C)Cc1ccccc1N1CCOCC1.Cl. The Morgan fingerprint density at radius 1 is 1.35 bits per heavy atom. The van der Waals surface area contributed by atoms with E-state index in [1.165, 1.54) is 5.69 Å². The minimum Gasteiger partial charge on any atom is -0.378 e. The minimum absolute atomic E-state index is 0. The van der Waals surface area contributed by atoms with Crippen LogP contribution in [0.15, 0.2) is 24.3 Å². The van der Waals surface area contributed by atoms with E-state index in [2.05, 4.69) is 17.0 Å². The number of rotatable bonds is 6.